The van der Waals surface area contributed by atoms with Crippen LogP contribution in [0.3, 0.4) is 0 Å². The Bertz CT molecular complexity index is 1330. The van der Waals surface area contributed by atoms with E-state index >= 15 is 0 Å². The fraction of sp³-hybridized carbons (Fsp3) is 0.148. The van der Waals surface area contributed by atoms with E-state index in [2.05, 4.69) is 5.32 Å². The summed E-state index contributed by atoms with van der Waals surface area (Å²) < 4.78 is 5.45. The second-order valence-electron chi connectivity index (χ2n) is 7.95. The van der Waals surface area contributed by atoms with Gasteiger partial charge in [0.15, 0.2) is 0 Å². The summed E-state index contributed by atoms with van der Waals surface area (Å²) in [6, 6.07) is 19.0. The van der Waals surface area contributed by atoms with E-state index in [9.17, 15) is 14.4 Å². The molecule has 1 heterocycles. The van der Waals surface area contributed by atoms with Gasteiger partial charge in [-0.25, -0.2) is 9.69 Å². The van der Waals surface area contributed by atoms with Crippen molar-refractivity contribution in [3.05, 3.63) is 99.7 Å². The molecular weight excluding hydrogens is 452 g/mol. The predicted octanol–water partition coefficient (Wildman–Crippen LogP) is 5.52. The van der Waals surface area contributed by atoms with E-state index in [4.69, 9.17) is 16.3 Å². The average Bonchev–Trinajstić information content (AvgIpc) is 3.04. The van der Waals surface area contributed by atoms with Gasteiger partial charge in [0.25, 0.3) is 11.8 Å². The van der Waals surface area contributed by atoms with Crippen molar-refractivity contribution in [3.8, 4) is 5.75 Å². The van der Waals surface area contributed by atoms with Crippen molar-refractivity contribution in [1.82, 2.24) is 0 Å². The van der Waals surface area contributed by atoms with Gasteiger partial charge in [-0.2, -0.15) is 0 Å². The molecule has 0 aromatic heterocycles. The molecule has 0 spiro atoms. The van der Waals surface area contributed by atoms with Crippen LogP contribution in [0.2, 0.25) is 0 Å². The lowest BCUT2D eigenvalue weighted by Crippen LogP contribution is -2.33. The van der Waals surface area contributed by atoms with Gasteiger partial charge in [-0.15, -0.1) is 0 Å². The van der Waals surface area contributed by atoms with E-state index < -0.39 is 17.8 Å². The Morgan fingerprint density at radius 1 is 0.941 bits per heavy atom. The third-order valence-corrected chi connectivity index (χ3v) is 6.07. The van der Waals surface area contributed by atoms with E-state index in [-0.39, 0.29) is 10.7 Å². The first-order valence-corrected chi connectivity index (χ1v) is 11.2. The molecule has 0 unspecified atom stereocenters. The molecule has 172 valence electrons. The highest BCUT2D eigenvalue weighted by atomic mass is 35.5. The van der Waals surface area contributed by atoms with Crippen LogP contribution < -0.4 is 15.0 Å². The number of nitrogens with zero attached hydrogens (tertiary/aromatic N) is 1. The first kappa shape index (κ1) is 23.3. The molecule has 2 amide bonds. The van der Waals surface area contributed by atoms with Crippen LogP contribution in [0, 0.1) is 13.8 Å². The van der Waals surface area contributed by atoms with Crippen LogP contribution in [0.1, 0.15) is 34.0 Å². The van der Waals surface area contributed by atoms with E-state index in [1.54, 1.807) is 42.5 Å². The average molecular weight is 475 g/mol. The summed E-state index contributed by atoms with van der Waals surface area (Å²) in [5, 5.41) is 2.74. The summed E-state index contributed by atoms with van der Waals surface area (Å²) in [6.45, 7) is 5.88. The zero-order valence-electron chi connectivity index (χ0n) is 19.0. The number of benzene rings is 3. The zero-order chi connectivity index (χ0) is 24.4. The molecule has 1 aliphatic heterocycles. The van der Waals surface area contributed by atoms with Crippen LogP contribution in [-0.2, 0) is 16.0 Å². The molecule has 4 rings (SSSR count). The molecule has 0 atom stereocenters. The zero-order valence-corrected chi connectivity index (χ0v) is 19.8. The number of ether oxygens (including phenoxy) is 1. The summed E-state index contributed by atoms with van der Waals surface area (Å²) in [4.78, 5) is 39.4. The lowest BCUT2D eigenvalue weighted by Gasteiger charge is -2.18. The number of imide groups is 1. The van der Waals surface area contributed by atoms with Crippen molar-refractivity contribution in [1.29, 1.82) is 0 Å². The van der Waals surface area contributed by atoms with Gasteiger partial charge in [-0.05, 0) is 79.4 Å². The summed E-state index contributed by atoms with van der Waals surface area (Å²) in [7, 11) is 0. The fourth-order valence-corrected chi connectivity index (χ4v) is 3.85. The van der Waals surface area contributed by atoms with Crippen molar-refractivity contribution >= 4 is 40.8 Å². The van der Waals surface area contributed by atoms with Gasteiger partial charge in [0, 0.05) is 5.69 Å². The van der Waals surface area contributed by atoms with Crippen LogP contribution in [0.4, 0.5) is 11.4 Å². The number of esters is 1. The highest BCUT2D eigenvalue weighted by Crippen LogP contribution is 2.32. The molecule has 0 aliphatic carbocycles. The quantitative estimate of drug-likeness (QED) is 0.289. The number of para-hydroxylation sites is 1. The standard InChI is InChI=1S/C27H23ClN2O4/c1-4-18-7-5-6-8-22(18)30-25(31)23(28)24(26(30)32)29-20-12-10-19(11-13-20)27(33)34-21-14-9-16(2)17(3)15-21/h5-15,29H,4H2,1-3H3. The summed E-state index contributed by atoms with van der Waals surface area (Å²) in [6.07, 6.45) is 0.660. The number of aryl methyl sites for hydroxylation is 3. The monoisotopic (exact) mass is 474 g/mol. The van der Waals surface area contributed by atoms with Gasteiger partial charge in [0.05, 0.1) is 11.3 Å². The van der Waals surface area contributed by atoms with Gasteiger partial charge in [0.1, 0.15) is 16.5 Å². The largest absolute Gasteiger partial charge is 0.423 e. The summed E-state index contributed by atoms with van der Waals surface area (Å²) >= 11 is 6.24. The Balaban J connectivity index is 1.49. The number of amides is 2. The first-order valence-electron chi connectivity index (χ1n) is 10.8. The van der Waals surface area contributed by atoms with E-state index in [1.165, 1.54) is 0 Å². The van der Waals surface area contributed by atoms with Crippen LogP contribution in [-0.4, -0.2) is 17.8 Å². The summed E-state index contributed by atoms with van der Waals surface area (Å²) in [5.41, 5.74) is 4.35. The lowest BCUT2D eigenvalue weighted by molar-refractivity contribution is -0.120. The van der Waals surface area contributed by atoms with Gasteiger partial charge >= 0.3 is 5.97 Å². The maximum Gasteiger partial charge on any atom is 0.343 e. The van der Waals surface area contributed by atoms with Crippen LogP contribution >= 0.6 is 11.6 Å². The number of carbonyl (C=O) groups excluding carboxylic acids is 3. The second kappa shape index (κ2) is 9.53. The number of rotatable bonds is 6. The molecule has 1 N–H and O–H groups in total. The van der Waals surface area contributed by atoms with Crippen molar-refractivity contribution in [3.63, 3.8) is 0 Å². The maximum atomic E-state index is 13.1. The van der Waals surface area contributed by atoms with Gasteiger partial charge in [-0.1, -0.05) is 42.8 Å². The van der Waals surface area contributed by atoms with Crippen molar-refractivity contribution < 1.29 is 19.1 Å². The molecule has 6 nitrogen and oxygen atoms in total. The molecule has 0 bridgehead atoms. The van der Waals surface area contributed by atoms with E-state index in [1.807, 2.05) is 45.0 Å². The molecule has 1 aliphatic rings. The van der Waals surface area contributed by atoms with Gasteiger partial charge in [0.2, 0.25) is 0 Å². The van der Waals surface area contributed by atoms with Crippen LogP contribution in [0.5, 0.6) is 5.75 Å². The SMILES string of the molecule is CCc1ccccc1N1C(=O)C(Cl)=C(Nc2ccc(C(=O)Oc3ccc(C)c(C)c3)cc2)C1=O. The number of hydrogen-bond acceptors (Lipinski definition) is 5. The number of hydrogen-bond donors (Lipinski definition) is 1. The Morgan fingerprint density at radius 2 is 1.65 bits per heavy atom. The third-order valence-electron chi connectivity index (χ3n) is 5.72. The molecule has 0 fully saturated rings. The molecular formula is C27H23ClN2O4. The van der Waals surface area contributed by atoms with Gasteiger partial charge in [-0.3, -0.25) is 9.59 Å². The van der Waals surface area contributed by atoms with Crippen molar-refractivity contribution in [2.24, 2.45) is 0 Å². The van der Waals surface area contributed by atoms with E-state index in [0.29, 0.717) is 29.1 Å². The molecule has 0 radical (unpaired) electrons. The number of halogens is 1. The summed E-state index contributed by atoms with van der Waals surface area (Å²) in [5.74, 6) is -1.14. The minimum Gasteiger partial charge on any atom is -0.423 e. The maximum absolute atomic E-state index is 13.1. The highest BCUT2D eigenvalue weighted by Gasteiger charge is 2.39. The molecule has 0 saturated carbocycles. The van der Waals surface area contributed by atoms with Crippen molar-refractivity contribution in [2.75, 3.05) is 10.2 Å². The van der Waals surface area contributed by atoms with Crippen LogP contribution in [0.15, 0.2) is 77.5 Å². The Morgan fingerprint density at radius 3 is 2.32 bits per heavy atom. The minimum atomic E-state index is -0.580. The smallest absolute Gasteiger partial charge is 0.343 e. The highest BCUT2D eigenvalue weighted by molar-refractivity contribution is 6.53. The fourth-order valence-electron chi connectivity index (χ4n) is 3.64. The Kier molecular flexibility index (Phi) is 6.52. The van der Waals surface area contributed by atoms with Crippen molar-refractivity contribution in [2.45, 2.75) is 27.2 Å². The lowest BCUT2D eigenvalue weighted by atomic mass is 10.1. The molecule has 3 aromatic rings. The second-order valence-corrected chi connectivity index (χ2v) is 8.33. The Labute approximate surface area is 202 Å². The third kappa shape index (κ3) is 4.45. The van der Waals surface area contributed by atoms with Gasteiger partial charge < -0.3 is 10.1 Å². The van der Waals surface area contributed by atoms with E-state index in [0.717, 1.165) is 21.6 Å². The normalized spacial score (nSPS) is 13.5. The molecule has 0 saturated heterocycles. The molecule has 34 heavy (non-hydrogen) atoms. The van der Waals surface area contributed by atoms with Crippen LogP contribution in [0.25, 0.3) is 0 Å². The number of nitrogens with one attached hydrogen (secondary N) is 1. The topological polar surface area (TPSA) is 75.7 Å². The predicted molar refractivity (Wildman–Crippen MR) is 132 cm³/mol. The number of anilines is 2. The Hall–Kier alpha value is -3.90. The number of carbonyl (C=O) groups is 3. The molecule has 3 aromatic carbocycles. The molecule has 7 heteroatoms. The first-order chi connectivity index (χ1) is 16.3. The minimum absolute atomic E-state index is 0.0111.